The summed E-state index contributed by atoms with van der Waals surface area (Å²) < 4.78 is 5.66. The lowest BCUT2D eigenvalue weighted by molar-refractivity contribution is -0.136. The summed E-state index contributed by atoms with van der Waals surface area (Å²) in [4.78, 5) is 11.6. The van der Waals surface area contributed by atoms with Crippen molar-refractivity contribution in [3.05, 3.63) is 35.6 Å². The third-order valence-corrected chi connectivity index (χ3v) is 3.12. The molecule has 4 nitrogen and oxygen atoms in total. The van der Waals surface area contributed by atoms with Gasteiger partial charge in [0, 0.05) is 17.5 Å². The third kappa shape index (κ3) is 2.96. The van der Waals surface area contributed by atoms with Gasteiger partial charge in [-0.25, -0.2) is 0 Å². The number of furan rings is 1. The maximum absolute atomic E-state index is 11.6. The second-order valence-corrected chi connectivity index (χ2v) is 5.20. The van der Waals surface area contributed by atoms with Crippen LogP contribution in [0.5, 0.6) is 0 Å². The highest BCUT2D eigenvalue weighted by Crippen LogP contribution is 2.25. The van der Waals surface area contributed by atoms with Crippen molar-refractivity contribution in [2.75, 3.05) is 6.54 Å². The molecule has 2 N–H and O–H groups in total. The van der Waals surface area contributed by atoms with Crippen LogP contribution in [0, 0.1) is 6.92 Å². The normalized spacial score (nSPS) is 11.8. The molecule has 4 heteroatoms. The molecule has 0 spiro atoms. The predicted octanol–water partition coefficient (Wildman–Crippen LogP) is 2.17. The van der Waals surface area contributed by atoms with Gasteiger partial charge in [0.2, 0.25) is 0 Å². The van der Waals surface area contributed by atoms with E-state index in [1.54, 1.807) is 0 Å². The van der Waals surface area contributed by atoms with E-state index in [9.17, 15) is 9.90 Å². The molecule has 1 amide bonds. The molecule has 1 aromatic heterocycles. The van der Waals surface area contributed by atoms with Crippen molar-refractivity contribution >= 4 is 16.9 Å². The van der Waals surface area contributed by atoms with Gasteiger partial charge >= 0.3 is 0 Å². The highest BCUT2D eigenvalue weighted by atomic mass is 16.3. The van der Waals surface area contributed by atoms with Crippen LogP contribution in [0.3, 0.4) is 0 Å². The van der Waals surface area contributed by atoms with E-state index in [0.717, 1.165) is 22.3 Å². The van der Waals surface area contributed by atoms with Crippen LogP contribution in [-0.2, 0) is 11.2 Å². The Bertz CT molecular complexity index is 593. The number of benzene rings is 1. The SMILES string of the molecule is Cc1oc2ccccc2c1CCNC(=O)C(C)(C)O. The van der Waals surface area contributed by atoms with Gasteiger partial charge in [0.25, 0.3) is 5.91 Å². The molecule has 0 aliphatic rings. The minimum Gasteiger partial charge on any atom is -0.461 e. The Morgan fingerprint density at radius 1 is 1.37 bits per heavy atom. The number of para-hydroxylation sites is 1. The molecular formula is C15H19NO3. The maximum Gasteiger partial charge on any atom is 0.251 e. The van der Waals surface area contributed by atoms with E-state index in [0.29, 0.717) is 13.0 Å². The fourth-order valence-electron chi connectivity index (χ4n) is 2.05. The van der Waals surface area contributed by atoms with Gasteiger partial charge in [0.05, 0.1) is 0 Å². The van der Waals surface area contributed by atoms with Crippen LogP contribution < -0.4 is 5.32 Å². The molecule has 0 unspecified atom stereocenters. The zero-order valence-electron chi connectivity index (χ0n) is 11.5. The van der Waals surface area contributed by atoms with E-state index in [-0.39, 0.29) is 5.91 Å². The Hall–Kier alpha value is -1.81. The van der Waals surface area contributed by atoms with Gasteiger partial charge in [-0.3, -0.25) is 4.79 Å². The quantitative estimate of drug-likeness (QED) is 0.886. The molecule has 102 valence electrons. The lowest BCUT2D eigenvalue weighted by Crippen LogP contribution is -2.42. The van der Waals surface area contributed by atoms with Crippen LogP contribution in [0.25, 0.3) is 11.0 Å². The molecule has 1 aromatic carbocycles. The lowest BCUT2D eigenvalue weighted by Gasteiger charge is -2.16. The first-order valence-corrected chi connectivity index (χ1v) is 6.37. The van der Waals surface area contributed by atoms with Crippen molar-refractivity contribution in [2.24, 2.45) is 0 Å². The molecular weight excluding hydrogens is 242 g/mol. The largest absolute Gasteiger partial charge is 0.461 e. The van der Waals surface area contributed by atoms with Gasteiger partial charge in [0.15, 0.2) is 0 Å². The number of carbonyl (C=O) groups excluding carboxylic acids is 1. The van der Waals surface area contributed by atoms with Gasteiger partial charge in [-0.15, -0.1) is 0 Å². The van der Waals surface area contributed by atoms with E-state index < -0.39 is 5.60 Å². The molecule has 0 atom stereocenters. The molecule has 2 rings (SSSR count). The molecule has 0 bridgehead atoms. The molecule has 0 saturated carbocycles. The van der Waals surface area contributed by atoms with E-state index >= 15 is 0 Å². The van der Waals surface area contributed by atoms with E-state index in [2.05, 4.69) is 5.32 Å². The van der Waals surface area contributed by atoms with Gasteiger partial charge in [0.1, 0.15) is 16.9 Å². The summed E-state index contributed by atoms with van der Waals surface area (Å²) in [6.45, 7) is 5.35. The highest BCUT2D eigenvalue weighted by Gasteiger charge is 2.23. The number of nitrogens with one attached hydrogen (secondary N) is 1. The first-order valence-electron chi connectivity index (χ1n) is 6.37. The van der Waals surface area contributed by atoms with Gasteiger partial charge in [-0.2, -0.15) is 0 Å². The number of hydrogen-bond acceptors (Lipinski definition) is 3. The van der Waals surface area contributed by atoms with Gasteiger partial charge in [-0.1, -0.05) is 18.2 Å². The number of rotatable bonds is 4. The zero-order chi connectivity index (χ0) is 14.0. The summed E-state index contributed by atoms with van der Waals surface area (Å²) >= 11 is 0. The zero-order valence-corrected chi connectivity index (χ0v) is 11.5. The molecule has 0 saturated heterocycles. The molecule has 0 aliphatic heterocycles. The van der Waals surface area contributed by atoms with Gasteiger partial charge < -0.3 is 14.8 Å². The van der Waals surface area contributed by atoms with Crippen LogP contribution in [-0.4, -0.2) is 23.2 Å². The molecule has 0 aliphatic carbocycles. The fourth-order valence-corrected chi connectivity index (χ4v) is 2.05. The Morgan fingerprint density at radius 2 is 2.05 bits per heavy atom. The topological polar surface area (TPSA) is 62.5 Å². The summed E-state index contributed by atoms with van der Waals surface area (Å²) in [5.41, 5.74) is 0.628. The summed E-state index contributed by atoms with van der Waals surface area (Å²) in [6.07, 6.45) is 0.685. The van der Waals surface area contributed by atoms with Crippen molar-refractivity contribution in [3.8, 4) is 0 Å². The minimum atomic E-state index is -1.34. The lowest BCUT2D eigenvalue weighted by atomic mass is 10.1. The first-order chi connectivity index (χ1) is 8.89. The summed E-state index contributed by atoms with van der Waals surface area (Å²) in [5, 5.41) is 13.3. The standard InChI is InChI=1S/C15H19NO3/c1-10-11(8-9-16-14(17)15(2,3)18)12-6-4-5-7-13(12)19-10/h4-7,18H,8-9H2,1-3H3,(H,16,17). The number of aryl methyl sites for hydroxylation is 1. The van der Waals surface area contributed by atoms with Crippen molar-refractivity contribution in [1.82, 2.24) is 5.32 Å². The Morgan fingerprint density at radius 3 is 2.74 bits per heavy atom. The monoisotopic (exact) mass is 261 g/mol. The van der Waals surface area contributed by atoms with Crippen molar-refractivity contribution in [3.63, 3.8) is 0 Å². The molecule has 2 aromatic rings. The number of fused-ring (bicyclic) bond motifs is 1. The minimum absolute atomic E-state index is 0.363. The molecule has 1 heterocycles. The molecule has 19 heavy (non-hydrogen) atoms. The Labute approximate surface area is 112 Å². The second-order valence-electron chi connectivity index (χ2n) is 5.20. The smallest absolute Gasteiger partial charge is 0.251 e. The maximum atomic E-state index is 11.6. The average Bonchev–Trinajstić information content (AvgIpc) is 2.64. The van der Waals surface area contributed by atoms with Crippen LogP contribution in [0.15, 0.2) is 28.7 Å². The van der Waals surface area contributed by atoms with Crippen molar-refractivity contribution < 1.29 is 14.3 Å². The predicted molar refractivity (Wildman–Crippen MR) is 74.0 cm³/mol. The average molecular weight is 261 g/mol. The fraction of sp³-hybridized carbons (Fsp3) is 0.400. The van der Waals surface area contributed by atoms with E-state index in [1.165, 1.54) is 13.8 Å². The van der Waals surface area contributed by atoms with Crippen molar-refractivity contribution in [1.29, 1.82) is 0 Å². The second kappa shape index (κ2) is 5.05. The summed E-state index contributed by atoms with van der Waals surface area (Å²) in [7, 11) is 0. The highest BCUT2D eigenvalue weighted by molar-refractivity contribution is 5.84. The van der Waals surface area contributed by atoms with Crippen LogP contribution in [0.2, 0.25) is 0 Å². The Kier molecular flexibility index (Phi) is 3.62. The summed E-state index contributed by atoms with van der Waals surface area (Å²) in [6, 6.07) is 7.85. The number of amides is 1. The third-order valence-electron chi connectivity index (χ3n) is 3.12. The molecule has 0 fully saturated rings. The summed E-state index contributed by atoms with van der Waals surface area (Å²) in [5.74, 6) is 0.511. The Balaban J connectivity index is 2.06. The van der Waals surface area contributed by atoms with E-state index in [4.69, 9.17) is 4.42 Å². The number of hydrogen-bond donors (Lipinski definition) is 2. The van der Waals surface area contributed by atoms with Crippen LogP contribution in [0.4, 0.5) is 0 Å². The van der Waals surface area contributed by atoms with Gasteiger partial charge in [-0.05, 0) is 33.3 Å². The number of carbonyl (C=O) groups is 1. The van der Waals surface area contributed by atoms with Crippen LogP contribution >= 0.6 is 0 Å². The van der Waals surface area contributed by atoms with E-state index in [1.807, 2.05) is 31.2 Å². The van der Waals surface area contributed by atoms with Crippen molar-refractivity contribution in [2.45, 2.75) is 32.8 Å². The molecule has 0 radical (unpaired) electrons. The first kappa shape index (κ1) is 13.6. The van der Waals surface area contributed by atoms with Crippen LogP contribution in [0.1, 0.15) is 25.2 Å². The number of aliphatic hydroxyl groups is 1.